The van der Waals surface area contributed by atoms with Gasteiger partial charge in [-0.05, 0) is 57.0 Å². The molecular weight excluding hydrogens is 379 g/mol. The fourth-order valence-electron chi connectivity index (χ4n) is 2.75. The van der Waals surface area contributed by atoms with Gasteiger partial charge in [-0.1, -0.05) is 41.9 Å². The van der Waals surface area contributed by atoms with Gasteiger partial charge in [0.1, 0.15) is 11.9 Å². The molecule has 28 heavy (non-hydrogen) atoms. The van der Waals surface area contributed by atoms with E-state index in [1.807, 2.05) is 26.8 Å². The Bertz CT molecular complexity index is 831. The molecule has 0 bridgehead atoms. The van der Waals surface area contributed by atoms with Crippen LogP contribution in [0.2, 0.25) is 5.02 Å². The third-order valence-electron chi connectivity index (χ3n) is 4.23. The van der Waals surface area contributed by atoms with Gasteiger partial charge >= 0.3 is 0 Å². The summed E-state index contributed by atoms with van der Waals surface area (Å²) in [4.78, 5) is 27.2. The standard InChI is InChI=1S/C22H26ClFN2O2/c1-15(21(28)25-22(2,3)4)26(14-16-9-11-18(24)12-10-16)20(27)13-17-7-5-6-8-19(17)23/h5-12,15H,13-14H2,1-4H3,(H,25,28). The quantitative estimate of drug-likeness (QED) is 0.777. The van der Waals surface area contributed by atoms with E-state index in [1.54, 1.807) is 37.3 Å². The van der Waals surface area contributed by atoms with Crippen LogP contribution in [0.3, 0.4) is 0 Å². The van der Waals surface area contributed by atoms with E-state index in [1.165, 1.54) is 17.0 Å². The van der Waals surface area contributed by atoms with Gasteiger partial charge in [0.05, 0.1) is 6.42 Å². The van der Waals surface area contributed by atoms with Crippen molar-refractivity contribution in [3.8, 4) is 0 Å². The number of hydrogen-bond donors (Lipinski definition) is 1. The van der Waals surface area contributed by atoms with E-state index in [-0.39, 0.29) is 30.6 Å². The van der Waals surface area contributed by atoms with E-state index in [9.17, 15) is 14.0 Å². The summed E-state index contributed by atoms with van der Waals surface area (Å²) in [5.74, 6) is -0.827. The van der Waals surface area contributed by atoms with Crippen molar-refractivity contribution in [3.63, 3.8) is 0 Å². The van der Waals surface area contributed by atoms with E-state index in [4.69, 9.17) is 11.6 Å². The van der Waals surface area contributed by atoms with Gasteiger partial charge in [0, 0.05) is 17.1 Å². The molecule has 2 amide bonds. The number of benzene rings is 2. The van der Waals surface area contributed by atoms with Crippen molar-refractivity contribution in [2.45, 2.75) is 52.2 Å². The first-order chi connectivity index (χ1) is 13.1. The van der Waals surface area contributed by atoms with Gasteiger partial charge in [0.15, 0.2) is 0 Å². The molecule has 0 saturated heterocycles. The highest BCUT2D eigenvalue weighted by Gasteiger charge is 2.28. The molecule has 0 heterocycles. The molecule has 0 aliphatic rings. The molecule has 0 aliphatic heterocycles. The predicted octanol–water partition coefficient (Wildman–Crippen LogP) is 4.35. The van der Waals surface area contributed by atoms with Crippen molar-refractivity contribution in [2.75, 3.05) is 0 Å². The van der Waals surface area contributed by atoms with E-state index < -0.39 is 11.6 Å². The summed E-state index contributed by atoms with van der Waals surface area (Å²) in [5.41, 5.74) is 1.02. The van der Waals surface area contributed by atoms with E-state index in [0.29, 0.717) is 10.6 Å². The Kier molecular flexibility index (Phi) is 7.19. The Labute approximate surface area is 170 Å². The Hall–Kier alpha value is -2.40. The molecule has 0 saturated carbocycles. The molecule has 0 radical (unpaired) electrons. The minimum Gasteiger partial charge on any atom is -0.350 e. The number of amides is 2. The van der Waals surface area contributed by atoms with Crippen molar-refractivity contribution < 1.29 is 14.0 Å². The second-order valence-electron chi connectivity index (χ2n) is 7.83. The molecule has 2 rings (SSSR count). The van der Waals surface area contributed by atoms with Crippen molar-refractivity contribution in [1.29, 1.82) is 0 Å². The molecule has 0 aromatic heterocycles. The molecule has 150 valence electrons. The summed E-state index contributed by atoms with van der Waals surface area (Å²) in [6, 6.07) is 12.3. The zero-order chi connectivity index (χ0) is 20.9. The second-order valence-corrected chi connectivity index (χ2v) is 8.24. The van der Waals surface area contributed by atoms with Crippen LogP contribution in [0.25, 0.3) is 0 Å². The van der Waals surface area contributed by atoms with Crippen LogP contribution in [0.1, 0.15) is 38.8 Å². The molecular formula is C22H26ClFN2O2. The predicted molar refractivity (Wildman–Crippen MR) is 109 cm³/mol. The van der Waals surface area contributed by atoms with E-state index in [2.05, 4.69) is 5.32 Å². The fourth-order valence-corrected chi connectivity index (χ4v) is 2.95. The lowest BCUT2D eigenvalue weighted by molar-refractivity contribution is -0.140. The molecule has 0 aliphatic carbocycles. The van der Waals surface area contributed by atoms with Crippen LogP contribution in [-0.4, -0.2) is 28.3 Å². The first-order valence-corrected chi connectivity index (χ1v) is 9.54. The van der Waals surface area contributed by atoms with Gasteiger partial charge in [-0.3, -0.25) is 9.59 Å². The van der Waals surface area contributed by atoms with Crippen LogP contribution in [0, 0.1) is 5.82 Å². The minimum atomic E-state index is -0.695. The highest BCUT2D eigenvalue weighted by Crippen LogP contribution is 2.19. The van der Waals surface area contributed by atoms with E-state index >= 15 is 0 Å². The minimum absolute atomic E-state index is 0.0774. The van der Waals surface area contributed by atoms with Crippen molar-refractivity contribution >= 4 is 23.4 Å². The highest BCUT2D eigenvalue weighted by molar-refractivity contribution is 6.31. The molecule has 1 atom stereocenters. The maximum atomic E-state index is 13.2. The van der Waals surface area contributed by atoms with Crippen molar-refractivity contribution in [1.82, 2.24) is 10.2 Å². The molecule has 0 fully saturated rings. The van der Waals surface area contributed by atoms with Crippen LogP contribution in [0.4, 0.5) is 4.39 Å². The molecule has 2 aromatic rings. The van der Waals surface area contributed by atoms with Gasteiger partial charge < -0.3 is 10.2 Å². The number of halogens is 2. The highest BCUT2D eigenvalue weighted by atomic mass is 35.5. The smallest absolute Gasteiger partial charge is 0.242 e. The van der Waals surface area contributed by atoms with Gasteiger partial charge in [-0.15, -0.1) is 0 Å². The molecule has 0 spiro atoms. The average molecular weight is 405 g/mol. The molecule has 2 aromatic carbocycles. The summed E-state index contributed by atoms with van der Waals surface area (Å²) < 4.78 is 13.2. The van der Waals surface area contributed by atoms with Gasteiger partial charge in [-0.25, -0.2) is 4.39 Å². The van der Waals surface area contributed by atoms with Gasteiger partial charge in [0.25, 0.3) is 0 Å². The number of hydrogen-bond acceptors (Lipinski definition) is 2. The molecule has 1 unspecified atom stereocenters. The maximum absolute atomic E-state index is 13.2. The molecule has 6 heteroatoms. The lowest BCUT2D eigenvalue weighted by atomic mass is 10.1. The van der Waals surface area contributed by atoms with E-state index in [0.717, 1.165) is 5.56 Å². The first kappa shape index (κ1) is 21.9. The Morgan fingerprint density at radius 1 is 1.11 bits per heavy atom. The zero-order valence-electron chi connectivity index (χ0n) is 16.6. The summed E-state index contributed by atoms with van der Waals surface area (Å²) in [6.45, 7) is 7.53. The molecule has 4 nitrogen and oxygen atoms in total. The zero-order valence-corrected chi connectivity index (χ0v) is 17.4. The lowest BCUT2D eigenvalue weighted by Gasteiger charge is -2.31. The Morgan fingerprint density at radius 3 is 2.29 bits per heavy atom. The largest absolute Gasteiger partial charge is 0.350 e. The second kappa shape index (κ2) is 9.20. The summed E-state index contributed by atoms with van der Waals surface area (Å²) >= 11 is 6.19. The normalized spacial score (nSPS) is 12.4. The summed E-state index contributed by atoms with van der Waals surface area (Å²) in [6.07, 6.45) is 0.0774. The maximum Gasteiger partial charge on any atom is 0.242 e. The van der Waals surface area contributed by atoms with Crippen LogP contribution >= 0.6 is 11.6 Å². The number of nitrogens with zero attached hydrogens (tertiary/aromatic N) is 1. The monoisotopic (exact) mass is 404 g/mol. The summed E-state index contributed by atoms with van der Waals surface area (Å²) in [5, 5.41) is 3.41. The third kappa shape index (κ3) is 6.34. The Morgan fingerprint density at radius 2 is 1.71 bits per heavy atom. The summed E-state index contributed by atoms with van der Waals surface area (Å²) in [7, 11) is 0. The van der Waals surface area contributed by atoms with Gasteiger partial charge in [0.2, 0.25) is 11.8 Å². The topological polar surface area (TPSA) is 49.4 Å². The SMILES string of the molecule is CC(C(=O)NC(C)(C)C)N(Cc1ccc(F)cc1)C(=O)Cc1ccccc1Cl. The number of rotatable bonds is 6. The van der Waals surface area contributed by atoms with Crippen LogP contribution < -0.4 is 5.32 Å². The van der Waals surface area contributed by atoms with Crippen LogP contribution in [0.5, 0.6) is 0 Å². The first-order valence-electron chi connectivity index (χ1n) is 9.16. The van der Waals surface area contributed by atoms with Crippen molar-refractivity contribution in [2.24, 2.45) is 0 Å². The number of carbonyl (C=O) groups is 2. The van der Waals surface area contributed by atoms with Crippen molar-refractivity contribution in [3.05, 3.63) is 70.5 Å². The van der Waals surface area contributed by atoms with Gasteiger partial charge in [-0.2, -0.15) is 0 Å². The number of carbonyl (C=O) groups excluding carboxylic acids is 2. The fraction of sp³-hybridized carbons (Fsp3) is 0.364. The van der Waals surface area contributed by atoms with Crippen LogP contribution in [0.15, 0.2) is 48.5 Å². The third-order valence-corrected chi connectivity index (χ3v) is 4.60. The number of nitrogens with one attached hydrogen (secondary N) is 1. The van der Waals surface area contributed by atoms with Crippen LogP contribution in [-0.2, 0) is 22.6 Å². The average Bonchev–Trinajstić information content (AvgIpc) is 2.61. The Balaban J connectivity index is 2.26. The lowest BCUT2D eigenvalue weighted by Crippen LogP contribution is -2.52. The molecule has 1 N–H and O–H groups in total.